The van der Waals surface area contributed by atoms with Gasteiger partial charge in [-0.15, -0.1) is 0 Å². The highest BCUT2D eigenvalue weighted by Gasteiger charge is 2.04. The molecule has 0 aliphatic carbocycles. The third-order valence-electron chi connectivity index (χ3n) is 2.35. The van der Waals surface area contributed by atoms with Crippen LogP contribution in [0.5, 0.6) is 0 Å². The molecular weight excluding hydrogens is 146 g/mol. The van der Waals surface area contributed by atoms with E-state index >= 15 is 0 Å². The van der Waals surface area contributed by atoms with E-state index in [4.69, 9.17) is 0 Å². The highest BCUT2D eigenvalue weighted by molar-refractivity contribution is 5.28. The van der Waals surface area contributed by atoms with Gasteiger partial charge in [0.2, 0.25) is 0 Å². The van der Waals surface area contributed by atoms with E-state index in [-0.39, 0.29) is 0 Å². The van der Waals surface area contributed by atoms with Crippen LogP contribution in [0.2, 0.25) is 0 Å². The molecule has 0 saturated heterocycles. The van der Waals surface area contributed by atoms with Crippen molar-refractivity contribution in [3.8, 4) is 0 Å². The summed E-state index contributed by atoms with van der Waals surface area (Å²) in [5.74, 6) is 0. The van der Waals surface area contributed by atoms with Gasteiger partial charge >= 0.3 is 0 Å². The van der Waals surface area contributed by atoms with Crippen molar-refractivity contribution in [1.82, 2.24) is 5.32 Å². The summed E-state index contributed by atoms with van der Waals surface area (Å²) in [7, 11) is 0. The Morgan fingerprint density at radius 2 is 1.92 bits per heavy atom. The van der Waals surface area contributed by atoms with Gasteiger partial charge in [0.25, 0.3) is 0 Å². The van der Waals surface area contributed by atoms with Crippen molar-refractivity contribution in [3.05, 3.63) is 41.9 Å². The lowest BCUT2D eigenvalue weighted by Gasteiger charge is -2.13. The fraction of sp³-hybridized carbons (Fsp3) is 0.364. The lowest BCUT2D eigenvalue weighted by atomic mass is 9.99. The standard InChI is InChI=1S/C11H14N/c1-2-5-11-7-9-12-8-3-6-10(11)4-1/h1-2,4-5,9,12H,3,6-8H2. The number of rotatable bonds is 0. The van der Waals surface area contributed by atoms with Crippen LogP contribution < -0.4 is 5.32 Å². The summed E-state index contributed by atoms with van der Waals surface area (Å²) in [6.07, 6.45) is 3.53. The van der Waals surface area contributed by atoms with Gasteiger partial charge in [-0.2, -0.15) is 0 Å². The fourth-order valence-electron chi connectivity index (χ4n) is 1.67. The Kier molecular flexibility index (Phi) is 2.42. The third-order valence-corrected chi connectivity index (χ3v) is 2.35. The largest absolute Gasteiger partial charge is 0.312 e. The van der Waals surface area contributed by atoms with Crippen molar-refractivity contribution in [2.24, 2.45) is 0 Å². The Morgan fingerprint density at radius 3 is 2.83 bits per heavy atom. The van der Waals surface area contributed by atoms with Gasteiger partial charge in [0.1, 0.15) is 0 Å². The SMILES string of the molecule is [CH]1Cc2ccccc2CCCN1. The van der Waals surface area contributed by atoms with E-state index in [9.17, 15) is 0 Å². The summed E-state index contributed by atoms with van der Waals surface area (Å²) in [4.78, 5) is 0. The molecule has 0 amide bonds. The lowest BCUT2D eigenvalue weighted by molar-refractivity contribution is 0.682. The molecule has 63 valence electrons. The van der Waals surface area contributed by atoms with Crippen LogP contribution in [-0.4, -0.2) is 6.54 Å². The van der Waals surface area contributed by atoms with Crippen LogP contribution in [0.3, 0.4) is 0 Å². The predicted molar refractivity (Wildman–Crippen MR) is 50.8 cm³/mol. The summed E-state index contributed by atoms with van der Waals surface area (Å²) < 4.78 is 0. The minimum Gasteiger partial charge on any atom is -0.312 e. The van der Waals surface area contributed by atoms with E-state index in [0.717, 1.165) is 13.0 Å². The quantitative estimate of drug-likeness (QED) is 0.611. The molecule has 12 heavy (non-hydrogen) atoms. The van der Waals surface area contributed by atoms with E-state index in [0.29, 0.717) is 0 Å². The second kappa shape index (κ2) is 3.72. The maximum absolute atomic E-state index is 3.30. The van der Waals surface area contributed by atoms with Crippen LogP contribution in [0.25, 0.3) is 0 Å². The Balaban J connectivity index is 2.24. The van der Waals surface area contributed by atoms with Gasteiger partial charge in [-0.1, -0.05) is 24.3 Å². The Hall–Kier alpha value is -0.820. The molecule has 1 heterocycles. The molecule has 1 aliphatic heterocycles. The second-order valence-corrected chi connectivity index (χ2v) is 3.23. The molecule has 0 bridgehead atoms. The average Bonchev–Trinajstić information content (AvgIpc) is 2.06. The summed E-state index contributed by atoms with van der Waals surface area (Å²) in [6.45, 7) is 3.28. The third kappa shape index (κ3) is 1.67. The predicted octanol–water partition coefficient (Wildman–Crippen LogP) is 1.93. The zero-order chi connectivity index (χ0) is 8.23. The van der Waals surface area contributed by atoms with Crippen LogP contribution in [0, 0.1) is 6.54 Å². The van der Waals surface area contributed by atoms with Gasteiger partial charge in [-0.3, -0.25) is 0 Å². The van der Waals surface area contributed by atoms with Gasteiger partial charge in [-0.25, -0.2) is 0 Å². The van der Waals surface area contributed by atoms with Crippen LogP contribution in [0.1, 0.15) is 17.5 Å². The van der Waals surface area contributed by atoms with Crippen LogP contribution in [-0.2, 0) is 12.8 Å². The van der Waals surface area contributed by atoms with Crippen molar-refractivity contribution in [2.45, 2.75) is 19.3 Å². The molecule has 0 saturated carbocycles. The van der Waals surface area contributed by atoms with Crippen molar-refractivity contribution < 1.29 is 0 Å². The molecule has 1 aliphatic rings. The lowest BCUT2D eigenvalue weighted by Crippen LogP contribution is -2.17. The Bertz CT molecular complexity index is 228. The summed E-state index contributed by atoms with van der Waals surface area (Å²) in [5, 5.41) is 3.30. The van der Waals surface area contributed by atoms with Crippen LogP contribution in [0.4, 0.5) is 0 Å². The van der Waals surface area contributed by atoms with Gasteiger partial charge in [-0.05, 0) is 36.9 Å². The number of fused-ring (bicyclic) bond motifs is 1. The molecule has 0 spiro atoms. The minimum absolute atomic E-state index is 1.07. The first-order valence-electron chi connectivity index (χ1n) is 4.58. The van der Waals surface area contributed by atoms with Crippen molar-refractivity contribution in [1.29, 1.82) is 0 Å². The highest BCUT2D eigenvalue weighted by atomic mass is 14.8. The van der Waals surface area contributed by atoms with Gasteiger partial charge in [0.15, 0.2) is 0 Å². The number of aryl methyl sites for hydroxylation is 1. The molecule has 0 atom stereocenters. The molecule has 1 aromatic carbocycles. The second-order valence-electron chi connectivity index (χ2n) is 3.23. The summed E-state index contributed by atoms with van der Waals surface area (Å²) >= 11 is 0. The molecule has 0 unspecified atom stereocenters. The topological polar surface area (TPSA) is 12.0 Å². The Labute approximate surface area is 73.8 Å². The van der Waals surface area contributed by atoms with Crippen LogP contribution in [0.15, 0.2) is 24.3 Å². The van der Waals surface area contributed by atoms with Crippen molar-refractivity contribution >= 4 is 0 Å². The first-order valence-corrected chi connectivity index (χ1v) is 4.58. The van der Waals surface area contributed by atoms with E-state index in [1.807, 2.05) is 0 Å². The molecule has 1 aromatic rings. The highest BCUT2D eigenvalue weighted by Crippen LogP contribution is 2.13. The normalized spacial score (nSPS) is 17.7. The Morgan fingerprint density at radius 1 is 1.08 bits per heavy atom. The summed E-state index contributed by atoms with van der Waals surface area (Å²) in [5.41, 5.74) is 3.00. The number of nitrogens with one attached hydrogen (secondary N) is 1. The minimum atomic E-state index is 1.07. The fourth-order valence-corrected chi connectivity index (χ4v) is 1.67. The monoisotopic (exact) mass is 160 g/mol. The van der Waals surface area contributed by atoms with Crippen molar-refractivity contribution in [3.63, 3.8) is 0 Å². The van der Waals surface area contributed by atoms with Gasteiger partial charge in [0, 0.05) is 6.54 Å². The smallest absolute Gasteiger partial charge is 0.0264 e. The molecule has 1 N–H and O–H groups in total. The van der Waals surface area contributed by atoms with E-state index < -0.39 is 0 Å². The molecular formula is C11H14N. The zero-order valence-electron chi connectivity index (χ0n) is 7.22. The van der Waals surface area contributed by atoms with Gasteiger partial charge in [0.05, 0.1) is 0 Å². The zero-order valence-corrected chi connectivity index (χ0v) is 7.22. The molecule has 0 aromatic heterocycles. The van der Waals surface area contributed by atoms with Gasteiger partial charge < -0.3 is 5.32 Å². The number of hydrogen-bond donors (Lipinski definition) is 1. The molecule has 1 heteroatoms. The number of hydrogen-bond acceptors (Lipinski definition) is 1. The maximum atomic E-state index is 3.30. The first kappa shape index (κ1) is 7.81. The van der Waals surface area contributed by atoms with E-state index in [1.54, 1.807) is 0 Å². The average molecular weight is 160 g/mol. The van der Waals surface area contributed by atoms with E-state index in [1.165, 1.54) is 24.0 Å². The molecule has 0 fully saturated rings. The maximum Gasteiger partial charge on any atom is 0.0264 e. The molecule has 1 nitrogen and oxygen atoms in total. The van der Waals surface area contributed by atoms with Crippen molar-refractivity contribution in [2.75, 3.05) is 6.54 Å². The van der Waals surface area contributed by atoms with Crippen LogP contribution >= 0.6 is 0 Å². The van der Waals surface area contributed by atoms with E-state index in [2.05, 4.69) is 36.1 Å². The molecule has 2 rings (SSSR count). The first-order chi connectivity index (χ1) is 5.97. The molecule has 1 radical (unpaired) electrons. The summed E-state index contributed by atoms with van der Waals surface area (Å²) in [6, 6.07) is 8.72. The number of benzene rings is 1.